The summed E-state index contributed by atoms with van der Waals surface area (Å²) in [5.74, 6) is 0.950. The zero-order valence-corrected chi connectivity index (χ0v) is 8.80. The summed E-state index contributed by atoms with van der Waals surface area (Å²) < 4.78 is 51.1. The minimum atomic E-state index is -4.70. The summed E-state index contributed by atoms with van der Waals surface area (Å²) in [4.78, 5) is 0. The number of nitrogen functional groups attached to an aromatic ring is 1. The van der Waals surface area contributed by atoms with Crippen LogP contribution in [-0.2, 0) is 6.18 Å². The van der Waals surface area contributed by atoms with E-state index in [0.717, 1.165) is 13.0 Å². The third kappa shape index (κ3) is 2.22. The minimum absolute atomic E-state index is 0.389. The lowest BCUT2D eigenvalue weighted by atomic mass is 10.00. The molecule has 0 saturated carbocycles. The summed E-state index contributed by atoms with van der Waals surface area (Å²) in [6.07, 6.45) is -4.70. The first-order valence-electron chi connectivity index (χ1n) is 4.06. The molecular formula is C10H6ClF4N. The lowest BCUT2D eigenvalue weighted by Crippen LogP contribution is -2.13. The van der Waals surface area contributed by atoms with Crippen LogP contribution in [0, 0.1) is 24.0 Å². The minimum Gasteiger partial charge on any atom is -0.396 e. The highest BCUT2D eigenvalue weighted by Gasteiger charge is 2.36. The maximum atomic E-state index is 13.2. The van der Waals surface area contributed by atoms with Crippen molar-refractivity contribution in [2.45, 2.75) is 13.1 Å². The fourth-order valence-corrected chi connectivity index (χ4v) is 1.44. The van der Waals surface area contributed by atoms with Crippen LogP contribution in [0.1, 0.15) is 16.7 Å². The van der Waals surface area contributed by atoms with Crippen LogP contribution in [0.2, 0.25) is 0 Å². The Hall–Kier alpha value is -1.41. The summed E-state index contributed by atoms with van der Waals surface area (Å²) in [5.41, 5.74) is 2.66. The van der Waals surface area contributed by atoms with Gasteiger partial charge in [0, 0.05) is 16.5 Å². The normalized spacial score (nSPS) is 10.9. The van der Waals surface area contributed by atoms with Crippen LogP contribution in [0.15, 0.2) is 6.07 Å². The number of halogens is 5. The van der Waals surface area contributed by atoms with Crippen molar-refractivity contribution in [3.63, 3.8) is 0 Å². The summed E-state index contributed by atoms with van der Waals surface area (Å²) in [7, 11) is 0. The van der Waals surface area contributed by atoms with Gasteiger partial charge in [-0.15, -0.1) is 0 Å². The van der Waals surface area contributed by atoms with Crippen LogP contribution in [0.3, 0.4) is 0 Å². The molecule has 0 aromatic heterocycles. The van der Waals surface area contributed by atoms with E-state index in [1.807, 2.05) is 11.3 Å². The SMILES string of the molecule is Cc1c(F)c(N)cc(C#CCl)c1C(F)(F)F. The Bertz CT molecular complexity index is 482. The van der Waals surface area contributed by atoms with Gasteiger partial charge in [0.1, 0.15) is 5.82 Å². The van der Waals surface area contributed by atoms with E-state index in [4.69, 9.17) is 17.3 Å². The van der Waals surface area contributed by atoms with E-state index in [2.05, 4.69) is 0 Å². The molecule has 0 aliphatic carbocycles. The second kappa shape index (κ2) is 4.22. The van der Waals surface area contributed by atoms with Crippen LogP contribution in [0.25, 0.3) is 0 Å². The highest BCUT2D eigenvalue weighted by atomic mass is 35.5. The molecule has 0 saturated heterocycles. The van der Waals surface area contributed by atoms with Gasteiger partial charge in [-0.25, -0.2) is 4.39 Å². The van der Waals surface area contributed by atoms with E-state index in [1.165, 1.54) is 0 Å². The fourth-order valence-electron chi connectivity index (χ4n) is 1.33. The van der Waals surface area contributed by atoms with Crippen molar-refractivity contribution in [2.24, 2.45) is 0 Å². The van der Waals surface area contributed by atoms with E-state index < -0.39 is 28.7 Å². The molecule has 0 bridgehead atoms. The average molecular weight is 252 g/mol. The van der Waals surface area contributed by atoms with Crippen LogP contribution in [0.5, 0.6) is 0 Å². The van der Waals surface area contributed by atoms with Crippen molar-refractivity contribution in [2.75, 3.05) is 5.73 Å². The van der Waals surface area contributed by atoms with Gasteiger partial charge in [0.15, 0.2) is 0 Å². The molecule has 0 fully saturated rings. The van der Waals surface area contributed by atoms with Crippen LogP contribution >= 0.6 is 11.6 Å². The first-order chi connectivity index (χ1) is 7.29. The molecule has 0 atom stereocenters. The van der Waals surface area contributed by atoms with Gasteiger partial charge in [-0.3, -0.25) is 0 Å². The lowest BCUT2D eigenvalue weighted by molar-refractivity contribution is -0.138. The number of anilines is 1. The van der Waals surface area contributed by atoms with Gasteiger partial charge in [-0.05, 0) is 30.5 Å². The molecule has 2 N–H and O–H groups in total. The topological polar surface area (TPSA) is 26.0 Å². The molecule has 1 aromatic carbocycles. The predicted molar refractivity (Wildman–Crippen MR) is 53.3 cm³/mol. The average Bonchev–Trinajstić information content (AvgIpc) is 2.12. The van der Waals surface area contributed by atoms with Crippen molar-refractivity contribution in [3.05, 3.63) is 28.6 Å². The summed E-state index contributed by atoms with van der Waals surface area (Å²) in [6, 6.07) is 0.820. The highest BCUT2D eigenvalue weighted by molar-refractivity contribution is 6.30. The van der Waals surface area contributed by atoms with E-state index in [1.54, 1.807) is 0 Å². The van der Waals surface area contributed by atoms with Crippen LogP contribution < -0.4 is 5.73 Å². The quantitative estimate of drug-likeness (QED) is 0.427. The molecule has 1 aromatic rings. The Balaban J connectivity index is 3.66. The van der Waals surface area contributed by atoms with Crippen LogP contribution in [0.4, 0.5) is 23.2 Å². The number of rotatable bonds is 0. The number of hydrogen-bond donors (Lipinski definition) is 1. The largest absolute Gasteiger partial charge is 0.417 e. The Morgan fingerprint density at radius 2 is 1.94 bits per heavy atom. The zero-order valence-electron chi connectivity index (χ0n) is 8.04. The Morgan fingerprint density at radius 3 is 2.38 bits per heavy atom. The summed E-state index contributed by atoms with van der Waals surface area (Å²) in [6.45, 7) is 0.994. The van der Waals surface area contributed by atoms with Crippen molar-refractivity contribution in [1.82, 2.24) is 0 Å². The predicted octanol–water partition coefficient (Wildman–Crippen LogP) is 3.28. The van der Waals surface area contributed by atoms with E-state index in [9.17, 15) is 17.6 Å². The number of nitrogens with two attached hydrogens (primary N) is 1. The van der Waals surface area contributed by atoms with E-state index in [-0.39, 0.29) is 5.69 Å². The standard InChI is InChI=1S/C10H6ClF4N/c1-5-8(10(13,14)15)6(2-3-11)4-7(16)9(5)12/h4H,16H2,1H3. The van der Waals surface area contributed by atoms with Gasteiger partial charge in [-0.2, -0.15) is 13.2 Å². The molecule has 6 heteroatoms. The number of benzene rings is 1. The van der Waals surface area contributed by atoms with Gasteiger partial charge in [0.25, 0.3) is 0 Å². The monoisotopic (exact) mass is 251 g/mol. The Labute approximate surface area is 94.2 Å². The second-order valence-corrected chi connectivity index (χ2v) is 3.23. The maximum Gasteiger partial charge on any atom is 0.417 e. The number of alkyl halides is 3. The lowest BCUT2D eigenvalue weighted by Gasteiger charge is -2.14. The molecule has 1 rings (SSSR count). The van der Waals surface area contributed by atoms with Gasteiger partial charge in [0.05, 0.1) is 11.3 Å². The smallest absolute Gasteiger partial charge is 0.396 e. The maximum absolute atomic E-state index is 13.2. The summed E-state index contributed by atoms with van der Waals surface area (Å²) >= 11 is 5.04. The van der Waals surface area contributed by atoms with Gasteiger partial charge < -0.3 is 5.73 Å². The molecule has 86 valence electrons. The van der Waals surface area contributed by atoms with Gasteiger partial charge in [-0.1, -0.05) is 0 Å². The van der Waals surface area contributed by atoms with Crippen molar-refractivity contribution < 1.29 is 17.6 Å². The number of hydrogen-bond acceptors (Lipinski definition) is 1. The van der Waals surface area contributed by atoms with Gasteiger partial charge >= 0.3 is 6.18 Å². The molecule has 0 radical (unpaired) electrons. The van der Waals surface area contributed by atoms with E-state index >= 15 is 0 Å². The molecule has 0 aliphatic rings. The molecule has 0 heterocycles. The van der Waals surface area contributed by atoms with Crippen molar-refractivity contribution >= 4 is 17.3 Å². The molecule has 16 heavy (non-hydrogen) atoms. The van der Waals surface area contributed by atoms with Crippen molar-refractivity contribution in [3.8, 4) is 11.3 Å². The molecule has 0 spiro atoms. The Morgan fingerprint density at radius 1 is 1.38 bits per heavy atom. The molecule has 0 aliphatic heterocycles. The van der Waals surface area contributed by atoms with Crippen LogP contribution in [-0.4, -0.2) is 0 Å². The third-order valence-electron chi connectivity index (χ3n) is 1.99. The highest BCUT2D eigenvalue weighted by Crippen LogP contribution is 2.36. The molecular weight excluding hydrogens is 246 g/mol. The third-order valence-corrected chi connectivity index (χ3v) is 2.09. The zero-order chi connectivity index (χ0) is 12.5. The second-order valence-electron chi connectivity index (χ2n) is 3.04. The summed E-state index contributed by atoms with van der Waals surface area (Å²) in [5, 5.41) is 1.81. The first kappa shape index (κ1) is 12.7. The fraction of sp³-hybridized carbons (Fsp3) is 0.200. The first-order valence-corrected chi connectivity index (χ1v) is 4.44. The molecule has 1 nitrogen and oxygen atoms in total. The van der Waals surface area contributed by atoms with E-state index in [0.29, 0.717) is 0 Å². The Kier molecular flexibility index (Phi) is 3.34. The van der Waals surface area contributed by atoms with Crippen molar-refractivity contribution in [1.29, 1.82) is 0 Å². The molecule has 0 amide bonds. The van der Waals surface area contributed by atoms with Gasteiger partial charge in [0.2, 0.25) is 0 Å². The molecule has 0 unspecified atom stereocenters.